The Bertz CT molecular complexity index is 319. The molecule has 0 amide bonds. The van der Waals surface area contributed by atoms with Gasteiger partial charge < -0.3 is 5.32 Å². The normalized spacial score (nSPS) is 13.6. The lowest BCUT2D eigenvalue weighted by atomic mass is 10.2. The third-order valence-corrected chi connectivity index (χ3v) is 3.06. The first-order valence-corrected chi connectivity index (χ1v) is 6.40. The summed E-state index contributed by atoms with van der Waals surface area (Å²) in [5, 5.41) is 7.65. The minimum absolute atomic E-state index is 0.575. The van der Waals surface area contributed by atoms with E-state index in [-0.39, 0.29) is 0 Å². The molecule has 4 nitrogen and oxygen atoms in total. The van der Waals surface area contributed by atoms with Gasteiger partial charge in [0.1, 0.15) is 0 Å². The topological polar surface area (TPSA) is 33.1 Å². The molecule has 17 heavy (non-hydrogen) atoms. The Morgan fingerprint density at radius 1 is 1.41 bits per heavy atom. The fourth-order valence-corrected chi connectivity index (χ4v) is 1.80. The summed E-state index contributed by atoms with van der Waals surface area (Å²) < 4.78 is 1.86. The molecule has 0 aliphatic carbocycles. The maximum atomic E-state index is 4.19. The number of nitrogens with one attached hydrogen (secondary N) is 1. The van der Waals surface area contributed by atoms with E-state index in [1.54, 1.807) is 0 Å². The summed E-state index contributed by atoms with van der Waals surface area (Å²) in [6, 6.07) is 1.16. The van der Waals surface area contributed by atoms with Gasteiger partial charge in [-0.1, -0.05) is 13.8 Å². The van der Waals surface area contributed by atoms with Gasteiger partial charge in [0.25, 0.3) is 0 Å². The number of nitrogens with zero attached hydrogens (tertiary/aromatic N) is 3. The largest absolute Gasteiger partial charge is 0.314 e. The van der Waals surface area contributed by atoms with E-state index >= 15 is 0 Å². The number of rotatable bonds is 7. The number of hydrogen-bond acceptors (Lipinski definition) is 3. The van der Waals surface area contributed by atoms with Gasteiger partial charge in [-0.2, -0.15) is 5.10 Å². The molecule has 1 unspecified atom stereocenters. The van der Waals surface area contributed by atoms with Crippen LogP contribution in [0.15, 0.2) is 12.4 Å². The maximum absolute atomic E-state index is 4.19. The predicted octanol–water partition coefficient (Wildman–Crippen LogP) is 1.63. The van der Waals surface area contributed by atoms with E-state index in [0.29, 0.717) is 12.1 Å². The molecule has 4 heteroatoms. The third-order valence-electron chi connectivity index (χ3n) is 3.06. The van der Waals surface area contributed by atoms with Crippen molar-refractivity contribution in [1.29, 1.82) is 0 Å². The van der Waals surface area contributed by atoms with Crippen LogP contribution in [0.1, 0.15) is 32.8 Å². The average molecular weight is 238 g/mol. The minimum Gasteiger partial charge on any atom is -0.314 e. The Morgan fingerprint density at radius 2 is 2.12 bits per heavy atom. The van der Waals surface area contributed by atoms with Gasteiger partial charge in [0, 0.05) is 37.4 Å². The third kappa shape index (κ3) is 5.33. The second-order valence-electron chi connectivity index (χ2n) is 5.18. The van der Waals surface area contributed by atoms with Crippen LogP contribution in [0.4, 0.5) is 0 Å². The van der Waals surface area contributed by atoms with Gasteiger partial charge in [0.05, 0.1) is 6.20 Å². The van der Waals surface area contributed by atoms with Gasteiger partial charge in [-0.15, -0.1) is 0 Å². The van der Waals surface area contributed by atoms with Gasteiger partial charge in [-0.25, -0.2) is 0 Å². The van der Waals surface area contributed by atoms with Crippen molar-refractivity contribution < 1.29 is 0 Å². The Balaban J connectivity index is 2.29. The van der Waals surface area contributed by atoms with Crippen LogP contribution in [0.3, 0.4) is 0 Å². The van der Waals surface area contributed by atoms with E-state index in [1.807, 2.05) is 17.9 Å². The summed E-state index contributed by atoms with van der Waals surface area (Å²) in [7, 11) is 4.13. The van der Waals surface area contributed by atoms with Crippen molar-refractivity contribution in [3.8, 4) is 0 Å². The lowest BCUT2D eigenvalue weighted by molar-refractivity contribution is 0.235. The number of aryl methyl sites for hydroxylation is 1. The van der Waals surface area contributed by atoms with Gasteiger partial charge in [-0.05, 0) is 26.9 Å². The summed E-state index contributed by atoms with van der Waals surface area (Å²) in [5.41, 5.74) is 1.28. The highest BCUT2D eigenvalue weighted by atomic mass is 15.2. The maximum Gasteiger partial charge on any atom is 0.0534 e. The lowest BCUT2D eigenvalue weighted by Gasteiger charge is -2.24. The SMILES string of the molecule is CC(C)NCCC(C)N(C)Cc1cnn(C)c1. The summed E-state index contributed by atoms with van der Waals surface area (Å²) >= 11 is 0. The van der Waals surface area contributed by atoms with Crippen LogP contribution in [0.5, 0.6) is 0 Å². The van der Waals surface area contributed by atoms with Crippen molar-refractivity contribution in [3.63, 3.8) is 0 Å². The van der Waals surface area contributed by atoms with Crippen molar-refractivity contribution in [1.82, 2.24) is 20.0 Å². The first-order chi connectivity index (χ1) is 7.99. The molecule has 1 aromatic rings. The summed E-state index contributed by atoms with van der Waals surface area (Å²) in [4.78, 5) is 2.37. The molecule has 0 aliphatic heterocycles. The van der Waals surface area contributed by atoms with Gasteiger partial charge in [0.15, 0.2) is 0 Å². The molecule has 1 heterocycles. The molecular weight excluding hydrogens is 212 g/mol. The monoisotopic (exact) mass is 238 g/mol. The second kappa shape index (κ2) is 6.77. The van der Waals surface area contributed by atoms with Crippen molar-refractivity contribution in [2.24, 2.45) is 7.05 Å². The molecule has 1 N–H and O–H groups in total. The van der Waals surface area contributed by atoms with Crippen LogP contribution < -0.4 is 5.32 Å². The molecular formula is C13H26N4. The van der Waals surface area contributed by atoms with Crippen LogP contribution in [0, 0.1) is 0 Å². The Kier molecular flexibility index (Phi) is 5.65. The fraction of sp³-hybridized carbons (Fsp3) is 0.769. The zero-order valence-corrected chi connectivity index (χ0v) is 11.8. The standard InChI is InChI=1S/C13H26N4/c1-11(2)14-7-6-12(3)16(4)9-13-8-15-17(5)10-13/h8,10-12,14H,6-7,9H2,1-5H3. The van der Waals surface area contributed by atoms with E-state index < -0.39 is 0 Å². The van der Waals surface area contributed by atoms with Crippen molar-refractivity contribution in [2.45, 2.75) is 45.8 Å². The minimum atomic E-state index is 0.575. The summed E-state index contributed by atoms with van der Waals surface area (Å²) in [6.07, 6.45) is 5.19. The van der Waals surface area contributed by atoms with E-state index in [9.17, 15) is 0 Å². The van der Waals surface area contributed by atoms with Crippen LogP contribution in [-0.4, -0.2) is 40.4 Å². The highest BCUT2D eigenvalue weighted by Crippen LogP contribution is 2.07. The smallest absolute Gasteiger partial charge is 0.0534 e. The molecule has 0 saturated heterocycles. The molecule has 1 atom stereocenters. The predicted molar refractivity (Wildman–Crippen MR) is 71.9 cm³/mol. The summed E-state index contributed by atoms with van der Waals surface area (Å²) in [6.45, 7) is 8.69. The molecule has 0 aromatic carbocycles. The first-order valence-electron chi connectivity index (χ1n) is 6.40. The van der Waals surface area contributed by atoms with Crippen molar-refractivity contribution in [2.75, 3.05) is 13.6 Å². The lowest BCUT2D eigenvalue weighted by Crippen LogP contribution is -2.33. The molecule has 0 bridgehead atoms. The molecule has 98 valence electrons. The molecule has 1 rings (SSSR count). The number of aromatic nitrogens is 2. The Morgan fingerprint density at radius 3 is 2.65 bits per heavy atom. The summed E-state index contributed by atoms with van der Waals surface area (Å²) in [5.74, 6) is 0. The van der Waals surface area contributed by atoms with E-state index in [4.69, 9.17) is 0 Å². The van der Waals surface area contributed by atoms with Crippen LogP contribution in [-0.2, 0) is 13.6 Å². The second-order valence-corrected chi connectivity index (χ2v) is 5.18. The van der Waals surface area contributed by atoms with E-state index in [2.05, 4.69) is 49.3 Å². The highest BCUT2D eigenvalue weighted by molar-refractivity contribution is 5.03. The van der Waals surface area contributed by atoms with Crippen LogP contribution in [0.2, 0.25) is 0 Å². The van der Waals surface area contributed by atoms with E-state index in [0.717, 1.165) is 13.1 Å². The van der Waals surface area contributed by atoms with E-state index in [1.165, 1.54) is 12.0 Å². The van der Waals surface area contributed by atoms with Gasteiger partial charge in [0.2, 0.25) is 0 Å². The van der Waals surface area contributed by atoms with Crippen LogP contribution >= 0.6 is 0 Å². The van der Waals surface area contributed by atoms with Gasteiger partial charge in [-0.3, -0.25) is 9.58 Å². The fourth-order valence-electron chi connectivity index (χ4n) is 1.80. The first kappa shape index (κ1) is 14.2. The van der Waals surface area contributed by atoms with Crippen molar-refractivity contribution in [3.05, 3.63) is 18.0 Å². The molecule has 0 fully saturated rings. The quantitative estimate of drug-likeness (QED) is 0.784. The zero-order chi connectivity index (χ0) is 12.8. The molecule has 1 aromatic heterocycles. The van der Waals surface area contributed by atoms with Crippen LogP contribution in [0.25, 0.3) is 0 Å². The molecule has 0 saturated carbocycles. The molecule has 0 spiro atoms. The Hall–Kier alpha value is -0.870. The van der Waals surface area contributed by atoms with Gasteiger partial charge >= 0.3 is 0 Å². The average Bonchev–Trinajstić information content (AvgIpc) is 2.63. The molecule has 0 radical (unpaired) electrons. The number of hydrogen-bond donors (Lipinski definition) is 1. The van der Waals surface area contributed by atoms with Crippen molar-refractivity contribution >= 4 is 0 Å². The highest BCUT2D eigenvalue weighted by Gasteiger charge is 2.10. The molecule has 0 aliphatic rings. The zero-order valence-electron chi connectivity index (χ0n) is 11.8. The Labute approximate surface area is 105 Å².